The first-order valence-electron chi connectivity index (χ1n) is 11.3. The SMILES string of the molecule is Cc1ccc(-n2c(COc3ccccc3)nnc2SCC(=O)Nc2cccc3ccccc23)cc1. The molecule has 1 aromatic heterocycles. The smallest absolute Gasteiger partial charge is 0.234 e. The number of ether oxygens (including phenoxy) is 1. The Balaban J connectivity index is 1.34. The lowest BCUT2D eigenvalue weighted by molar-refractivity contribution is -0.113. The van der Waals surface area contributed by atoms with Crippen LogP contribution in [-0.4, -0.2) is 26.4 Å². The quantitative estimate of drug-likeness (QED) is 0.274. The van der Waals surface area contributed by atoms with Crippen LogP contribution in [0.1, 0.15) is 11.4 Å². The average Bonchev–Trinajstić information content (AvgIpc) is 3.30. The fourth-order valence-electron chi connectivity index (χ4n) is 3.76. The van der Waals surface area contributed by atoms with E-state index in [1.807, 2.05) is 109 Å². The third-order valence-corrected chi connectivity index (χ3v) is 6.43. The van der Waals surface area contributed by atoms with Gasteiger partial charge in [-0.3, -0.25) is 9.36 Å². The van der Waals surface area contributed by atoms with Crippen molar-refractivity contribution in [2.45, 2.75) is 18.7 Å². The van der Waals surface area contributed by atoms with E-state index in [4.69, 9.17) is 4.74 Å². The molecule has 1 N–H and O–H groups in total. The van der Waals surface area contributed by atoms with Crippen LogP contribution in [-0.2, 0) is 11.4 Å². The second kappa shape index (κ2) is 10.4. The lowest BCUT2D eigenvalue weighted by atomic mass is 10.1. The Morgan fingerprint density at radius 3 is 2.46 bits per heavy atom. The molecule has 0 aliphatic rings. The summed E-state index contributed by atoms with van der Waals surface area (Å²) in [6.45, 7) is 2.30. The maximum Gasteiger partial charge on any atom is 0.234 e. The van der Waals surface area contributed by atoms with Crippen LogP contribution in [0.25, 0.3) is 16.5 Å². The Bertz CT molecular complexity index is 1440. The zero-order chi connectivity index (χ0) is 24.0. The molecule has 5 aromatic rings. The maximum absolute atomic E-state index is 12.8. The van der Waals surface area contributed by atoms with E-state index in [1.165, 1.54) is 11.8 Å². The Morgan fingerprint density at radius 2 is 1.63 bits per heavy atom. The summed E-state index contributed by atoms with van der Waals surface area (Å²) >= 11 is 1.34. The van der Waals surface area contributed by atoms with Gasteiger partial charge in [-0.25, -0.2) is 0 Å². The molecular weight excluding hydrogens is 456 g/mol. The predicted molar refractivity (Wildman–Crippen MR) is 140 cm³/mol. The Kier molecular flexibility index (Phi) is 6.77. The number of nitrogens with one attached hydrogen (secondary N) is 1. The largest absolute Gasteiger partial charge is 0.486 e. The topological polar surface area (TPSA) is 69.0 Å². The number of benzene rings is 4. The molecular formula is C28H24N4O2S. The van der Waals surface area contributed by atoms with Gasteiger partial charge in [-0.05, 0) is 42.6 Å². The number of hydrogen-bond donors (Lipinski definition) is 1. The van der Waals surface area contributed by atoms with Gasteiger partial charge >= 0.3 is 0 Å². The van der Waals surface area contributed by atoms with Crippen LogP contribution in [0.2, 0.25) is 0 Å². The van der Waals surface area contributed by atoms with Crippen molar-refractivity contribution in [1.29, 1.82) is 0 Å². The molecule has 1 heterocycles. The van der Waals surface area contributed by atoms with Crippen LogP contribution < -0.4 is 10.1 Å². The number of carbonyl (C=O) groups excluding carboxylic acids is 1. The summed E-state index contributed by atoms with van der Waals surface area (Å²) in [6, 6.07) is 31.6. The predicted octanol–water partition coefficient (Wildman–Crippen LogP) is 6.04. The van der Waals surface area contributed by atoms with E-state index in [0.717, 1.165) is 33.5 Å². The number of carbonyl (C=O) groups is 1. The molecule has 0 saturated heterocycles. The number of para-hydroxylation sites is 1. The highest BCUT2D eigenvalue weighted by atomic mass is 32.2. The molecule has 0 bridgehead atoms. The van der Waals surface area contributed by atoms with E-state index in [0.29, 0.717) is 11.0 Å². The lowest BCUT2D eigenvalue weighted by Gasteiger charge is -2.12. The first-order chi connectivity index (χ1) is 17.2. The number of hydrogen-bond acceptors (Lipinski definition) is 5. The van der Waals surface area contributed by atoms with Crippen LogP contribution in [0.3, 0.4) is 0 Å². The standard InChI is InChI=1S/C28H24N4O2S/c1-20-14-16-22(17-15-20)32-26(18-34-23-10-3-2-4-11-23)30-31-28(32)35-19-27(33)29-25-13-7-9-21-8-5-6-12-24(21)25/h2-17H,18-19H2,1H3,(H,29,33). The molecule has 1 amide bonds. The summed E-state index contributed by atoms with van der Waals surface area (Å²) in [5.74, 6) is 1.52. The molecule has 5 rings (SSSR count). The maximum atomic E-state index is 12.8. The molecule has 0 atom stereocenters. The van der Waals surface area contributed by atoms with E-state index in [2.05, 4.69) is 15.5 Å². The van der Waals surface area contributed by atoms with E-state index in [9.17, 15) is 4.79 Å². The van der Waals surface area contributed by atoms with Gasteiger partial charge in [0.25, 0.3) is 0 Å². The summed E-state index contributed by atoms with van der Waals surface area (Å²) < 4.78 is 7.87. The van der Waals surface area contributed by atoms with Crippen LogP contribution in [0.5, 0.6) is 5.75 Å². The fourth-order valence-corrected chi connectivity index (χ4v) is 4.53. The molecule has 0 fully saturated rings. The first kappa shape index (κ1) is 22.7. The highest BCUT2D eigenvalue weighted by Gasteiger charge is 2.17. The lowest BCUT2D eigenvalue weighted by Crippen LogP contribution is -2.15. The fraction of sp³-hybridized carbons (Fsp3) is 0.107. The molecule has 0 aliphatic heterocycles. The number of aryl methyl sites for hydroxylation is 1. The second-order valence-electron chi connectivity index (χ2n) is 8.04. The van der Waals surface area contributed by atoms with Crippen molar-refractivity contribution in [1.82, 2.24) is 14.8 Å². The minimum atomic E-state index is -0.105. The van der Waals surface area contributed by atoms with Crippen LogP contribution in [0, 0.1) is 6.92 Å². The molecule has 7 heteroatoms. The molecule has 0 saturated carbocycles. The molecule has 0 radical (unpaired) electrons. The van der Waals surface area contributed by atoms with E-state index >= 15 is 0 Å². The molecule has 0 unspecified atom stereocenters. The van der Waals surface area contributed by atoms with Gasteiger partial charge in [-0.1, -0.05) is 84.1 Å². The summed E-state index contributed by atoms with van der Waals surface area (Å²) in [4.78, 5) is 12.8. The third-order valence-electron chi connectivity index (χ3n) is 5.50. The monoisotopic (exact) mass is 480 g/mol. The highest BCUT2D eigenvalue weighted by molar-refractivity contribution is 7.99. The number of aromatic nitrogens is 3. The summed E-state index contributed by atoms with van der Waals surface area (Å²) in [7, 11) is 0. The summed E-state index contributed by atoms with van der Waals surface area (Å²) in [5.41, 5.74) is 2.88. The van der Waals surface area contributed by atoms with Gasteiger partial charge in [0.1, 0.15) is 12.4 Å². The number of rotatable bonds is 8. The number of thioether (sulfide) groups is 1. The first-order valence-corrected chi connectivity index (χ1v) is 12.3. The normalized spacial score (nSPS) is 10.9. The molecule has 35 heavy (non-hydrogen) atoms. The van der Waals surface area contributed by atoms with Crippen molar-refractivity contribution >= 4 is 34.1 Å². The zero-order valence-corrected chi connectivity index (χ0v) is 20.0. The van der Waals surface area contributed by atoms with Gasteiger partial charge in [-0.15, -0.1) is 10.2 Å². The van der Waals surface area contributed by atoms with E-state index in [1.54, 1.807) is 0 Å². The van der Waals surface area contributed by atoms with Gasteiger partial charge < -0.3 is 10.1 Å². The van der Waals surface area contributed by atoms with Gasteiger partial charge in [0.2, 0.25) is 5.91 Å². The molecule has 174 valence electrons. The van der Waals surface area contributed by atoms with Crippen molar-refractivity contribution in [3.05, 3.63) is 108 Å². The third kappa shape index (κ3) is 5.36. The molecule has 0 aliphatic carbocycles. The molecule has 6 nitrogen and oxygen atoms in total. The van der Waals surface area contributed by atoms with Crippen molar-refractivity contribution in [3.63, 3.8) is 0 Å². The Labute approximate surface area is 208 Å². The van der Waals surface area contributed by atoms with Crippen molar-refractivity contribution < 1.29 is 9.53 Å². The van der Waals surface area contributed by atoms with Gasteiger partial charge in [0.05, 0.1) is 5.75 Å². The summed E-state index contributed by atoms with van der Waals surface area (Å²) in [5, 5.41) is 14.5. The van der Waals surface area contributed by atoms with Crippen LogP contribution >= 0.6 is 11.8 Å². The summed E-state index contributed by atoms with van der Waals surface area (Å²) in [6.07, 6.45) is 0. The van der Waals surface area contributed by atoms with E-state index in [-0.39, 0.29) is 18.3 Å². The van der Waals surface area contributed by atoms with Crippen LogP contribution in [0.15, 0.2) is 102 Å². The number of fused-ring (bicyclic) bond motifs is 1. The van der Waals surface area contributed by atoms with Crippen molar-refractivity contribution in [2.24, 2.45) is 0 Å². The van der Waals surface area contributed by atoms with Crippen molar-refractivity contribution in [2.75, 3.05) is 11.1 Å². The van der Waals surface area contributed by atoms with Gasteiger partial charge in [0.15, 0.2) is 11.0 Å². The number of nitrogens with zero attached hydrogens (tertiary/aromatic N) is 3. The van der Waals surface area contributed by atoms with Gasteiger partial charge in [0, 0.05) is 16.8 Å². The Morgan fingerprint density at radius 1 is 0.886 bits per heavy atom. The number of amides is 1. The second-order valence-corrected chi connectivity index (χ2v) is 8.98. The minimum absolute atomic E-state index is 0.105. The van der Waals surface area contributed by atoms with E-state index < -0.39 is 0 Å². The highest BCUT2D eigenvalue weighted by Crippen LogP contribution is 2.26. The number of anilines is 1. The zero-order valence-electron chi connectivity index (χ0n) is 19.2. The average molecular weight is 481 g/mol. The van der Waals surface area contributed by atoms with Gasteiger partial charge in [-0.2, -0.15) is 0 Å². The molecule has 4 aromatic carbocycles. The Hall–Kier alpha value is -4.10. The minimum Gasteiger partial charge on any atom is -0.486 e. The molecule has 0 spiro atoms. The van der Waals surface area contributed by atoms with Crippen molar-refractivity contribution in [3.8, 4) is 11.4 Å². The van der Waals surface area contributed by atoms with Crippen LogP contribution in [0.4, 0.5) is 5.69 Å².